The van der Waals surface area contributed by atoms with Gasteiger partial charge in [-0.2, -0.15) is 0 Å². The number of ether oxygens (including phenoxy) is 1. The van der Waals surface area contributed by atoms with E-state index in [9.17, 15) is 14.4 Å². The Morgan fingerprint density at radius 1 is 0.917 bits per heavy atom. The average Bonchev–Trinajstić information content (AvgIpc) is 2.61. The van der Waals surface area contributed by atoms with Gasteiger partial charge in [-0.3, -0.25) is 14.4 Å². The molecule has 0 aliphatic rings. The van der Waals surface area contributed by atoms with E-state index in [1.807, 2.05) is 30.3 Å². The predicted octanol–water partition coefficient (Wildman–Crippen LogP) is 3.25. The summed E-state index contributed by atoms with van der Waals surface area (Å²) in [6, 6.07) is 17.8. The van der Waals surface area contributed by atoms with Crippen LogP contribution in [0.1, 0.15) is 29.3 Å². The van der Waals surface area contributed by atoms with Gasteiger partial charge in [-0.1, -0.05) is 60.7 Å². The first-order chi connectivity index (χ1) is 11.5. The van der Waals surface area contributed by atoms with E-state index in [1.54, 1.807) is 30.3 Å². The van der Waals surface area contributed by atoms with Crippen molar-refractivity contribution < 1.29 is 19.1 Å². The van der Waals surface area contributed by atoms with Crippen LogP contribution in [0.3, 0.4) is 0 Å². The topological polar surface area (TPSA) is 60.4 Å². The van der Waals surface area contributed by atoms with Crippen LogP contribution in [0.15, 0.2) is 60.7 Å². The largest absolute Gasteiger partial charge is 0.468 e. The second kappa shape index (κ2) is 7.68. The Bertz CT molecular complexity index is 722. The first-order valence-corrected chi connectivity index (χ1v) is 7.71. The molecule has 0 radical (unpaired) electrons. The third-order valence-electron chi connectivity index (χ3n) is 4.16. The molecule has 0 N–H and O–H groups in total. The molecule has 4 heteroatoms. The van der Waals surface area contributed by atoms with Crippen LogP contribution >= 0.6 is 0 Å². The van der Waals surface area contributed by atoms with Gasteiger partial charge in [-0.15, -0.1) is 0 Å². The molecule has 0 aliphatic heterocycles. The summed E-state index contributed by atoms with van der Waals surface area (Å²) in [6.45, 7) is 1.33. The van der Waals surface area contributed by atoms with Crippen molar-refractivity contribution in [3.63, 3.8) is 0 Å². The number of hydrogen-bond donors (Lipinski definition) is 0. The van der Waals surface area contributed by atoms with Gasteiger partial charge < -0.3 is 4.74 Å². The lowest BCUT2D eigenvalue weighted by Gasteiger charge is -2.28. The van der Waals surface area contributed by atoms with Crippen molar-refractivity contribution in [3.05, 3.63) is 71.8 Å². The van der Waals surface area contributed by atoms with Gasteiger partial charge in [0, 0.05) is 12.0 Å². The maximum atomic E-state index is 12.6. The van der Waals surface area contributed by atoms with Crippen molar-refractivity contribution in [2.75, 3.05) is 7.11 Å². The fourth-order valence-electron chi connectivity index (χ4n) is 2.74. The molecule has 0 unspecified atom stereocenters. The molecule has 0 aromatic heterocycles. The molecule has 2 aromatic carbocycles. The monoisotopic (exact) mass is 324 g/mol. The first kappa shape index (κ1) is 17.6. The molecule has 0 fully saturated rings. The summed E-state index contributed by atoms with van der Waals surface area (Å²) in [5.74, 6) is -1.31. The lowest BCUT2D eigenvalue weighted by Crippen LogP contribution is -2.43. The molecule has 2 rings (SSSR count). The molecule has 24 heavy (non-hydrogen) atoms. The Hall–Kier alpha value is -2.75. The summed E-state index contributed by atoms with van der Waals surface area (Å²) in [6.07, 6.45) is -0.0810. The van der Waals surface area contributed by atoms with Gasteiger partial charge in [0.05, 0.1) is 7.11 Å². The Kier molecular flexibility index (Phi) is 5.64. The molecule has 0 amide bonds. The normalized spacial score (nSPS) is 12.9. The molecular weight excluding hydrogens is 304 g/mol. The second-order valence-corrected chi connectivity index (χ2v) is 5.76. The van der Waals surface area contributed by atoms with Crippen molar-refractivity contribution in [2.45, 2.75) is 19.8 Å². The number of ketones is 2. The number of hydrogen-bond acceptors (Lipinski definition) is 4. The molecule has 0 saturated carbocycles. The van der Waals surface area contributed by atoms with E-state index in [4.69, 9.17) is 4.74 Å². The molecular formula is C20H20O4. The van der Waals surface area contributed by atoms with Crippen LogP contribution in [0.5, 0.6) is 0 Å². The molecule has 0 saturated heterocycles. The lowest BCUT2D eigenvalue weighted by atomic mass is 9.73. The molecule has 0 spiro atoms. The smallest absolute Gasteiger partial charge is 0.320 e. The van der Waals surface area contributed by atoms with E-state index in [2.05, 4.69) is 0 Å². The van der Waals surface area contributed by atoms with Crippen LogP contribution in [-0.4, -0.2) is 24.6 Å². The summed E-state index contributed by atoms with van der Waals surface area (Å²) >= 11 is 0. The van der Waals surface area contributed by atoms with Crippen LogP contribution in [0.4, 0.5) is 0 Å². The van der Waals surface area contributed by atoms with Gasteiger partial charge in [-0.05, 0) is 18.9 Å². The summed E-state index contributed by atoms with van der Waals surface area (Å²) in [7, 11) is 1.23. The minimum Gasteiger partial charge on any atom is -0.468 e. The molecule has 4 nitrogen and oxygen atoms in total. The summed E-state index contributed by atoms with van der Waals surface area (Å²) in [4.78, 5) is 37.5. The van der Waals surface area contributed by atoms with E-state index in [0.717, 1.165) is 5.56 Å². The number of benzene rings is 2. The molecule has 124 valence electrons. The van der Waals surface area contributed by atoms with Crippen LogP contribution in [0.25, 0.3) is 0 Å². The van der Waals surface area contributed by atoms with Crippen LogP contribution in [0.2, 0.25) is 0 Å². The Labute approximate surface area is 141 Å². The molecule has 0 heterocycles. The summed E-state index contributed by atoms with van der Waals surface area (Å²) in [5.41, 5.74) is -0.234. The van der Waals surface area contributed by atoms with Gasteiger partial charge in [-0.25, -0.2) is 0 Å². The quantitative estimate of drug-likeness (QED) is 0.445. The fourth-order valence-corrected chi connectivity index (χ4v) is 2.74. The van der Waals surface area contributed by atoms with Gasteiger partial charge in [0.15, 0.2) is 5.78 Å². The zero-order chi connectivity index (χ0) is 17.6. The molecule has 0 aliphatic carbocycles. The number of Topliss-reactive ketones (excluding diaryl/α,β-unsaturated/α-hetero) is 2. The minimum absolute atomic E-state index is 0.133. The highest BCUT2D eigenvalue weighted by molar-refractivity contribution is 6.09. The Balaban J connectivity index is 2.40. The van der Waals surface area contributed by atoms with Gasteiger partial charge >= 0.3 is 5.97 Å². The van der Waals surface area contributed by atoms with Crippen molar-refractivity contribution in [1.82, 2.24) is 0 Å². The maximum absolute atomic E-state index is 12.6. The van der Waals surface area contributed by atoms with E-state index in [-0.39, 0.29) is 24.4 Å². The highest BCUT2D eigenvalue weighted by atomic mass is 16.5. The Morgan fingerprint density at radius 3 is 1.96 bits per heavy atom. The Morgan fingerprint density at radius 2 is 1.46 bits per heavy atom. The molecule has 2 aromatic rings. The number of methoxy groups -OCH3 is 1. The van der Waals surface area contributed by atoms with Crippen LogP contribution in [-0.2, 0) is 20.7 Å². The highest BCUT2D eigenvalue weighted by Gasteiger charge is 2.46. The lowest BCUT2D eigenvalue weighted by molar-refractivity contribution is -0.157. The number of esters is 1. The van der Waals surface area contributed by atoms with E-state index < -0.39 is 11.4 Å². The molecule has 1 atom stereocenters. The van der Waals surface area contributed by atoms with Crippen molar-refractivity contribution in [3.8, 4) is 0 Å². The zero-order valence-corrected chi connectivity index (χ0v) is 13.8. The van der Waals surface area contributed by atoms with Gasteiger partial charge in [0.25, 0.3) is 0 Å². The van der Waals surface area contributed by atoms with Crippen molar-refractivity contribution >= 4 is 17.5 Å². The predicted molar refractivity (Wildman–Crippen MR) is 90.7 cm³/mol. The van der Waals surface area contributed by atoms with Crippen molar-refractivity contribution in [1.29, 1.82) is 0 Å². The minimum atomic E-state index is -1.51. The number of rotatable bonds is 7. The second-order valence-electron chi connectivity index (χ2n) is 5.76. The van der Waals surface area contributed by atoms with E-state index >= 15 is 0 Å². The van der Waals surface area contributed by atoms with Crippen LogP contribution in [0, 0.1) is 5.41 Å². The van der Waals surface area contributed by atoms with Crippen LogP contribution < -0.4 is 0 Å². The number of carbonyl (C=O) groups is 3. The highest BCUT2D eigenvalue weighted by Crippen LogP contribution is 2.32. The maximum Gasteiger partial charge on any atom is 0.320 e. The zero-order valence-electron chi connectivity index (χ0n) is 13.8. The fraction of sp³-hybridized carbons (Fsp3) is 0.250. The third kappa shape index (κ3) is 3.77. The van der Waals surface area contributed by atoms with E-state index in [0.29, 0.717) is 5.56 Å². The van der Waals surface area contributed by atoms with Crippen molar-refractivity contribution in [2.24, 2.45) is 5.41 Å². The summed E-state index contributed by atoms with van der Waals surface area (Å²) < 4.78 is 4.87. The SMILES string of the molecule is COC(=O)[C@@](CC(=O)c1ccccc1)(Cc1ccccc1)C(C)=O. The standard InChI is InChI=1S/C20H20O4/c1-15(21)20(19(23)24-2,13-16-9-5-3-6-10-16)14-18(22)17-11-7-4-8-12-17/h3-12H,13-14H2,1-2H3/t20-/m1/s1. The van der Waals surface area contributed by atoms with E-state index in [1.165, 1.54) is 14.0 Å². The summed E-state index contributed by atoms with van der Waals surface area (Å²) in [5, 5.41) is 0. The molecule has 0 bridgehead atoms. The first-order valence-electron chi connectivity index (χ1n) is 7.71. The van der Waals surface area contributed by atoms with Gasteiger partial charge in [0.1, 0.15) is 11.2 Å². The van der Waals surface area contributed by atoms with Gasteiger partial charge in [0.2, 0.25) is 0 Å². The number of carbonyl (C=O) groups excluding carboxylic acids is 3. The third-order valence-corrected chi connectivity index (χ3v) is 4.16. The average molecular weight is 324 g/mol.